The number of nitrogens with zero attached hydrogens (tertiary/aromatic N) is 1. The normalized spacial score (nSPS) is 12.8. The smallest absolute Gasteiger partial charge is 0.355 e. The Kier molecular flexibility index (Phi) is 3.60. The van der Waals surface area contributed by atoms with Crippen molar-refractivity contribution >= 4 is 17.3 Å². The van der Waals surface area contributed by atoms with E-state index in [0.717, 1.165) is 9.88 Å². The van der Waals surface area contributed by atoms with E-state index in [-0.39, 0.29) is 11.6 Å². The number of aryl methyl sites for hydroxylation is 1. The second kappa shape index (κ2) is 4.52. The van der Waals surface area contributed by atoms with Crippen molar-refractivity contribution in [3.8, 4) is 0 Å². The summed E-state index contributed by atoms with van der Waals surface area (Å²) in [6.45, 7) is 4.25. The van der Waals surface area contributed by atoms with Crippen molar-refractivity contribution < 1.29 is 14.6 Å². The molecule has 0 amide bonds. The van der Waals surface area contributed by atoms with E-state index in [4.69, 9.17) is 9.84 Å². The number of aromatic carboxylic acids is 1. The summed E-state index contributed by atoms with van der Waals surface area (Å²) in [5.41, 5.74) is 0.164. The van der Waals surface area contributed by atoms with Gasteiger partial charge in [-0.25, -0.2) is 9.78 Å². The number of carbonyl (C=O) groups is 1. The summed E-state index contributed by atoms with van der Waals surface area (Å²) in [5, 5.41) is 9.68. The van der Waals surface area contributed by atoms with Gasteiger partial charge in [-0.1, -0.05) is 6.92 Å². The van der Waals surface area contributed by atoms with Gasteiger partial charge in [0, 0.05) is 17.9 Å². The molecule has 0 saturated carbocycles. The van der Waals surface area contributed by atoms with Crippen molar-refractivity contribution in [2.75, 3.05) is 13.7 Å². The van der Waals surface area contributed by atoms with Crippen LogP contribution >= 0.6 is 11.3 Å². The van der Waals surface area contributed by atoms with E-state index in [0.29, 0.717) is 6.61 Å². The summed E-state index contributed by atoms with van der Waals surface area (Å²) in [5.74, 6) is -0.885. The van der Waals surface area contributed by atoms with Gasteiger partial charge in [-0.2, -0.15) is 0 Å². The first-order valence-corrected chi connectivity index (χ1v) is 5.07. The number of hydrogen-bond acceptors (Lipinski definition) is 4. The molecule has 0 saturated heterocycles. The van der Waals surface area contributed by atoms with Crippen LogP contribution in [0.3, 0.4) is 0 Å². The van der Waals surface area contributed by atoms with E-state index in [9.17, 15) is 4.79 Å². The molecular formula is C9H13NO3S. The molecule has 1 unspecified atom stereocenters. The van der Waals surface area contributed by atoms with Crippen molar-refractivity contribution in [3.05, 3.63) is 15.6 Å². The summed E-state index contributed by atoms with van der Waals surface area (Å²) < 4.78 is 4.99. The lowest BCUT2D eigenvalue weighted by molar-refractivity contribution is 0.0688. The molecule has 5 heteroatoms. The monoisotopic (exact) mass is 215 g/mol. The average Bonchev–Trinajstić information content (AvgIpc) is 2.48. The zero-order chi connectivity index (χ0) is 10.7. The van der Waals surface area contributed by atoms with Crippen LogP contribution in [0, 0.1) is 6.92 Å². The van der Waals surface area contributed by atoms with Crippen LogP contribution in [0.2, 0.25) is 0 Å². The van der Waals surface area contributed by atoms with Crippen molar-refractivity contribution in [3.63, 3.8) is 0 Å². The summed E-state index contributed by atoms with van der Waals surface area (Å²) >= 11 is 1.42. The molecule has 1 rings (SSSR count). The SMILES string of the molecule is COCC(C)c1sc(C)nc1C(=O)O. The molecule has 0 aliphatic rings. The summed E-state index contributed by atoms with van der Waals surface area (Å²) in [6, 6.07) is 0. The Balaban J connectivity index is 3.00. The zero-order valence-electron chi connectivity index (χ0n) is 8.40. The molecule has 1 aromatic rings. The fraction of sp³-hybridized carbons (Fsp3) is 0.556. The second-order valence-corrected chi connectivity index (χ2v) is 4.34. The maximum Gasteiger partial charge on any atom is 0.355 e. The second-order valence-electron chi connectivity index (χ2n) is 3.11. The highest BCUT2D eigenvalue weighted by Crippen LogP contribution is 2.26. The fourth-order valence-corrected chi connectivity index (χ4v) is 2.21. The van der Waals surface area contributed by atoms with Crippen LogP contribution in [-0.4, -0.2) is 29.8 Å². The molecule has 0 aliphatic heterocycles. The number of carboxylic acids is 1. The van der Waals surface area contributed by atoms with Crippen LogP contribution < -0.4 is 0 Å². The van der Waals surface area contributed by atoms with Gasteiger partial charge in [0.1, 0.15) is 0 Å². The van der Waals surface area contributed by atoms with Gasteiger partial charge >= 0.3 is 5.97 Å². The van der Waals surface area contributed by atoms with Gasteiger partial charge in [-0.05, 0) is 6.92 Å². The van der Waals surface area contributed by atoms with Gasteiger partial charge in [0.15, 0.2) is 5.69 Å². The Labute approximate surface area is 86.6 Å². The lowest BCUT2D eigenvalue weighted by Crippen LogP contribution is -2.07. The van der Waals surface area contributed by atoms with Crippen molar-refractivity contribution in [2.45, 2.75) is 19.8 Å². The summed E-state index contributed by atoms with van der Waals surface area (Å²) in [4.78, 5) is 15.6. The Morgan fingerprint density at radius 2 is 2.36 bits per heavy atom. The van der Waals surface area contributed by atoms with E-state index in [1.165, 1.54) is 11.3 Å². The molecule has 14 heavy (non-hydrogen) atoms. The topological polar surface area (TPSA) is 59.4 Å². The average molecular weight is 215 g/mol. The largest absolute Gasteiger partial charge is 0.476 e. The molecule has 0 radical (unpaired) electrons. The van der Waals surface area contributed by atoms with Gasteiger partial charge in [-0.15, -0.1) is 11.3 Å². The number of hydrogen-bond donors (Lipinski definition) is 1. The number of thiazole rings is 1. The number of carboxylic acid groups (broad SMARTS) is 1. The standard InChI is InChI=1S/C9H13NO3S/c1-5(4-13-3)8-7(9(11)12)10-6(2)14-8/h5H,4H2,1-3H3,(H,11,12). The minimum absolute atomic E-state index is 0.0808. The maximum absolute atomic E-state index is 10.8. The first kappa shape index (κ1) is 11.1. The predicted octanol–water partition coefficient (Wildman–Crippen LogP) is 1.90. The first-order chi connectivity index (χ1) is 6.56. The molecular weight excluding hydrogens is 202 g/mol. The Morgan fingerprint density at radius 1 is 1.71 bits per heavy atom. The Hall–Kier alpha value is -0.940. The van der Waals surface area contributed by atoms with Crippen LogP contribution in [-0.2, 0) is 4.74 Å². The van der Waals surface area contributed by atoms with Crippen LogP contribution in [0.4, 0.5) is 0 Å². The first-order valence-electron chi connectivity index (χ1n) is 4.25. The van der Waals surface area contributed by atoms with Crippen LogP contribution in [0.1, 0.15) is 33.2 Å². The van der Waals surface area contributed by atoms with Crippen LogP contribution in [0.25, 0.3) is 0 Å². The third-order valence-electron chi connectivity index (χ3n) is 1.83. The molecule has 4 nitrogen and oxygen atoms in total. The number of methoxy groups -OCH3 is 1. The number of rotatable bonds is 4. The summed E-state index contributed by atoms with van der Waals surface area (Å²) in [7, 11) is 1.60. The van der Waals surface area contributed by atoms with Crippen molar-refractivity contribution in [1.82, 2.24) is 4.98 Å². The predicted molar refractivity (Wildman–Crippen MR) is 54.1 cm³/mol. The van der Waals surface area contributed by atoms with Crippen LogP contribution in [0.5, 0.6) is 0 Å². The molecule has 1 aromatic heterocycles. The van der Waals surface area contributed by atoms with Crippen molar-refractivity contribution in [1.29, 1.82) is 0 Å². The quantitative estimate of drug-likeness (QED) is 0.833. The molecule has 0 spiro atoms. The van der Waals surface area contributed by atoms with Gasteiger partial charge in [0.05, 0.1) is 11.6 Å². The van der Waals surface area contributed by atoms with E-state index in [1.54, 1.807) is 14.0 Å². The maximum atomic E-state index is 10.8. The van der Waals surface area contributed by atoms with Crippen LogP contribution in [0.15, 0.2) is 0 Å². The number of ether oxygens (including phenoxy) is 1. The molecule has 1 heterocycles. The van der Waals surface area contributed by atoms with Gasteiger partial charge in [0.2, 0.25) is 0 Å². The number of aromatic nitrogens is 1. The van der Waals surface area contributed by atoms with E-state index >= 15 is 0 Å². The minimum atomic E-state index is -0.965. The minimum Gasteiger partial charge on any atom is -0.476 e. The molecule has 0 aromatic carbocycles. The third-order valence-corrected chi connectivity index (χ3v) is 3.03. The highest BCUT2D eigenvalue weighted by Gasteiger charge is 2.20. The fourth-order valence-electron chi connectivity index (χ4n) is 1.26. The highest BCUT2D eigenvalue weighted by molar-refractivity contribution is 7.12. The molecule has 0 bridgehead atoms. The third kappa shape index (κ3) is 2.30. The highest BCUT2D eigenvalue weighted by atomic mass is 32.1. The van der Waals surface area contributed by atoms with Gasteiger partial charge in [-0.3, -0.25) is 0 Å². The lowest BCUT2D eigenvalue weighted by atomic mass is 10.1. The van der Waals surface area contributed by atoms with Gasteiger partial charge < -0.3 is 9.84 Å². The van der Waals surface area contributed by atoms with E-state index < -0.39 is 5.97 Å². The van der Waals surface area contributed by atoms with Gasteiger partial charge in [0.25, 0.3) is 0 Å². The molecule has 1 N–H and O–H groups in total. The Bertz CT molecular complexity index is 335. The lowest BCUT2D eigenvalue weighted by Gasteiger charge is -2.07. The molecule has 0 aliphatic carbocycles. The molecule has 78 valence electrons. The van der Waals surface area contributed by atoms with E-state index in [1.807, 2.05) is 6.92 Å². The summed E-state index contributed by atoms with van der Waals surface area (Å²) in [6.07, 6.45) is 0. The molecule has 0 fully saturated rings. The van der Waals surface area contributed by atoms with E-state index in [2.05, 4.69) is 4.98 Å². The van der Waals surface area contributed by atoms with Crippen molar-refractivity contribution in [2.24, 2.45) is 0 Å². The zero-order valence-corrected chi connectivity index (χ0v) is 9.22. The Morgan fingerprint density at radius 3 is 2.86 bits per heavy atom. The molecule has 1 atom stereocenters.